The van der Waals surface area contributed by atoms with Gasteiger partial charge in [-0.2, -0.15) is 0 Å². The highest BCUT2D eigenvalue weighted by atomic mass is 16.5. The molecule has 5 nitrogen and oxygen atoms in total. The molecular formula is C6H11N3O2. The molecule has 1 N–H and O–H groups in total. The molecule has 1 rings (SSSR count). The molecule has 0 aliphatic carbocycles. The van der Waals surface area contributed by atoms with E-state index in [1.54, 1.807) is 0 Å². The molecule has 0 aromatic carbocycles. The topological polar surface area (TPSA) is 60.2 Å². The summed E-state index contributed by atoms with van der Waals surface area (Å²) in [4.78, 5) is 3.66. The van der Waals surface area contributed by atoms with E-state index >= 15 is 0 Å². The Balaban J connectivity index is 2.83. The zero-order chi connectivity index (χ0) is 8.27. The summed E-state index contributed by atoms with van der Waals surface area (Å²) in [7, 11) is 0. The minimum atomic E-state index is -0.240. The molecule has 0 spiro atoms. The van der Waals surface area contributed by atoms with E-state index < -0.39 is 0 Å². The Morgan fingerprint density at radius 3 is 2.82 bits per heavy atom. The number of hydrogen-bond acceptors (Lipinski definition) is 4. The van der Waals surface area contributed by atoms with Gasteiger partial charge >= 0.3 is 12.0 Å². The van der Waals surface area contributed by atoms with Gasteiger partial charge in [-0.1, -0.05) is 0 Å². The molecule has 62 valence electrons. The van der Waals surface area contributed by atoms with Crippen LogP contribution in [0.2, 0.25) is 0 Å². The second kappa shape index (κ2) is 3.23. The first-order valence-corrected chi connectivity index (χ1v) is 3.54. The van der Waals surface area contributed by atoms with E-state index in [4.69, 9.17) is 9.84 Å². The molecule has 5 heteroatoms. The Labute approximate surface area is 64.6 Å². The second-order valence-corrected chi connectivity index (χ2v) is 1.94. The first kappa shape index (κ1) is 7.84. The van der Waals surface area contributed by atoms with Gasteiger partial charge in [0, 0.05) is 6.54 Å². The van der Waals surface area contributed by atoms with E-state index in [1.807, 2.05) is 13.8 Å². The highest BCUT2D eigenvalue weighted by Crippen LogP contribution is 2.10. The van der Waals surface area contributed by atoms with Gasteiger partial charge in [0.1, 0.15) is 0 Å². The summed E-state index contributed by atoms with van der Waals surface area (Å²) in [5.74, 6) is 0. The SMILES string of the molecule is CCOc1nc(O)nn1CC. The first-order chi connectivity index (χ1) is 5.27. The van der Waals surface area contributed by atoms with Crippen LogP contribution in [-0.2, 0) is 6.54 Å². The third-order valence-electron chi connectivity index (χ3n) is 1.20. The fourth-order valence-corrected chi connectivity index (χ4v) is 0.758. The van der Waals surface area contributed by atoms with Crippen LogP contribution in [0.1, 0.15) is 13.8 Å². The van der Waals surface area contributed by atoms with Crippen LogP contribution < -0.4 is 4.74 Å². The van der Waals surface area contributed by atoms with Crippen molar-refractivity contribution in [2.75, 3.05) is 6.61 Å². The Morgan fingerprint density at radius 2 is 2.27 bits per heavy atom. The molecule has 0 aliphatic rings. The lowest BCUT2D eigenvalue weighted by Gasteiger charge is -2.00. The van der Waals surface area contributed by atoms with Gasteiger partial charge in [0.05, 0.1) is 6.61 Å². The van der Waals surface area contributed by atoms with Gasteiger partial charge in [0.2, 0.25) is 0 Å². The van der Waals surface area contributed by atoms with Crippen LogP contribution in [-0.4, -0.2) is 26.5 Å². The molecule has 0 saturated heterocycles. The Kier molecular flexibility index (Phi) is 2.30. The van der Waals surface area contributed by atoms with Crippen molar-refractivity contribution >= 4 is 0 Å². The van der Waals surface area contributed by atoms with Crippen LogP contribution in [0.5, 0.6) is 12.0 Å². The molecule has 1 heterocycles. The molecule has 0 fully saturated rings. The predicted molar refractivity (Wildman–Crippen MR) is 38.5 cm³/mol. The van der Waals surface area contributed by atoms with Crippen LogP contribution in [0.15, 0.2) is 0 Å². The molecule has 1 aromatic heterocycles. The predicted octanol–water partition coefficient (Wildman–Crippen LogP) is 0.402. The fraction of sp³-hybridized carbons (Fsp3) is 0.667. The van der Waals surface area contributed by atoms with Crippen molar-refractivity contribution in [2.45, 2.75) is 20.4 Å². The summed E-state index contributed by atoms with van der Waals surface area (Å²) in [6, 6.07) is 0.128. The molecule has 1 aromatic rings. The van der Waals surface area contributed by atoms with Crippen molar-refractivity contribution in [3.8, 4) is 12.0 Å². The number of nitrogens with zero attached hydrogens (tertiary/aromatic N) is 3. The van der Waals surface area contributed by atoms with Crippen molar-refractivity contribution in [3.05, 3.63) is 0 Å². The summed E-state index contributed by atoms with van der Waals surface area (Å²) in [5.41, 5.74) is 0. The summed E-state index contributed by atoms with van der Waals surface area (Å²) in [5, 5.41) is 12.6. The highest BCUT2D eigenvalue weighted by molar-refractivity contribution is 5.00. The minimum absolute atomic E-state index is 0.240. The maximum atomic E-state index is 8.87. The summed E-state index contributed by atoms with van der Waals surface area (Å²) >= 11 is 0. The van der Waals surface area contributed by atoms with Gasteiger partial charge in [0.25, 0.3) is 0 Å². The van der Waals surface area contributed by atoms with E-state index in [1.165, 1.54) is 4.68 Å². The van der Waals surface area contributed by atoms with Gasteiger partial charge < -0.3 is 9.84 Å². The quantitative estimate of drug-likeness (QED) is 0.690. The van der Waals surface area contributed by atoms with Crippen LogP contribution >= 0.6 is 0 Å². The van der Waals surface area contributed by atoms with Crippen molar-refractivity contribution in [1.82, 2.24) is 14.8 Å². The maximum Gasteiger partial charge on any atom is 0.336 e. The molecule has 0 saturated carbocycles. The smallest absolute Gasteiger partial charge is 0.336 e. The average Bonchev–Trinajstić information content (AvgIpc) is 2.32. The number of aryl methyl sites for hydroxylation is 1. The number of rotatable bonds is 3. The number of ether oxygens (including phenoxy) is 1. The van der Waals surface area contributed by atoms with E-state index in [-0.39, 0.29) is 6.01 Å². The number of aromatic hydroxyl groups is 1. The van der Waals surface area contributed by atoms with E-state index in [0.717, 1.165) is 0 Å². The zero-order valence-corrected chi connectivity index (χ0v) is 6.61. The fourth-order valence-electron chi connectivity index (χ4n) is 0.758. The second-order valence-electron chi connectivity index (χ2n) is 1.94. The Bertz CT molecular complexity index is 234. The molecule has 0 aliphatic heterocycles. The zero-order valence-electron chi connectivity index (χ0n) is 6.61. The molecule has 0 amide bonds. The Hall–Kier alpha value is -1.26. The van der Waals surface area contributed by atoms with Crippen molar-refractivity contribution in [1.29, 1.82) is 0 Å². The molecule has 0 radical (unpaired) electrons. The van der Waals surface area contributed by atoms with Gasteiger partial charge in [-0.05, 0) is 13.8 Å². The highest BCUT2D eigenvalue weighted by Gasteiger charge is 2.06. The maximum absolute atomic E-state index is 8.87. The van der Waals surface area contributed by atoms with Crippen molar-refractivity contribution in [2.24, 2.45) is 0 Å². The average molecular weight is 157 g/mol. The third-order valence-corrected chi connectivity index (χ3v) is 1.20. The van der Waals surface area contributed by atoms with E-state index in [0.29, 0.717) is 19.2 Å². The summed E-state index contributed by atoms with van der Waals surface area (Å²) in [6.07, 6.45) is 0. The Morgan fingerprint density at radius 1 is 1.55 bits per heavy atom. The van der Waals surface area contributed by atoms with Crippen molar-refractivity contribution < 1.29 is 9.84 Å². The number of hydrogen-bond donors (Lipinski definition) is 1. The lowest BCUT2D eigenvalue weighted by atomic mass is 10.8. The van der Waals surface area contributed by atoms with Gasteiger partial charge in [-0.25, -0.2) is 4.68 Å². The van der Waals surface area contributed by atoms with Gasteiger partial charge in [-0.3, -0.25) is 0 Å². The van der Waals surface area contributed by atoms with Gasteiger partial charge in [-0.15, -0.1) is 10.1 Å². The molecular weight excluding hydrogens is 146 g/mol. The molecule has 0 bridgehead atoms. The molecule has 0 atom stereocenters. The van der Waals surface area contributed by atoms with Crippen LogP contribution in [0, 0.1) is 0 Å². The summed E-state index contributed by atoms with van der Waals surface area (Å²) < 4.78 is 6.58. The largest absolute Gasteiger partial charge is 0.478 e. The van der Waals surface area contributed by atoms with Crippen LogP contribution in [0.3, 0.4) is 0 Å². The third kappa shape index (κ3) is 1.60. The molecule has 11 heavy (non-hydrogen) atoms. The van der Waals surface area contributed by atoms with Gasteiger partial charge in [0.15, 0.2) is 0 Å². The minimum Gasteiger partial charge on any atom is -0.478 e. The van der Waals surface area contributed by atoms with Crippen LogP contribution in [0.4, 0.5) is 0 Å². The molecule has 0 unspecified atom stereocenters. The monoisotopic (exact) mass is 157 g/mol. The normalized spacial score (nSPS) is 10.0. The standard InChI is InChI=1S/C6H11N3O2/c1-3-9-6(11-4-2)7-5(10)8-9/h3-4H2,1-2H3,(H,8,10). The summed E-state index contributed by atoms with van der Waals surface area (Å²) in [6.45, 7) is 4.92. The van der Waals surface area contributed by atoms with E-state index in [9.17, 15) is 0 Å². The number of aromatic nitrogens is 3. The lowest BCUT2D eigenvalue weighted by Crippen LogP contribution is -2.03. The lowest BCUT2D eigenvalue weighted by molar-refractivity contribution is 0.291. The van der Waals surface area contributed by atoms with E-state index in [2.05, 4.69) is 10.1 Å². The van der Waals surface area contributed by atoms with Crippen LogP contribution in [0.25, 0.3) is 0 Å². The first-order valence-electron chi connectivity index (χ1n) is 3.54. The van der Waals surface area contributed by atoms with Crippen molar-refractivity contribution in [3.63, 3.8) is 0 Å².